The van der Waals surface area contributed by atoms with Crippen LogP contribution in [0.2, 0.25) is 0 Å². The molecule has 0 bridgehead atoms. The molecule has 0 aromatic heterocycles. The molecule has 1 aromatic rings. The Bertz CT molecular complexity index is 427. The number of anilines is 1. The maximum Gasteiger partial charge on any atom is 0.224 e. The molecule has 0 aliphatic heterocycles. The van der Waals surface area contributed by atoms with E-state index in [1.54, 1.807) is 6.92 Å². The summed E-state index contributed by atoms with van der Waals surface area (Å²) in [5.41, 5.74) is 3.63. The van der Waals surface area contributed by atoms with Gasteiger partial charge in [-0.1, -0.05) is 12.1 Å². The Morgan fingerprint density at radius 2 is 2.17 bits per heavy atom. The monoisotopic (exact) mass is 247 g/mol. The molecule has 0 saturated carbocycles. The predicted molar refractivity (Wildman–Crippen MR) is 72.6 cm³/mol. The van der Waals surface area contributed by atoms with Crippen LogP contribution in [0.25, 0.3) is 0 Å². The molecule has 1 atom stereocenters. The molecule has 1 amide bonds. The van der Waals surface area contributed by atoms with Gasteiger partial charge in [0.15, 0.2) is 0 Å². The molecule has 0 spiro atoms. The standard InChI is InChI=1S/C15H21NO2/c1-11(17)9-10-15(18)16-14-8-4-6-12-5-2-3-7-13(12)14/h4,6,8,11,17H,2-3,5,7,9-10H2,1H3,(H,16,18). The minimum Gasteiger partial charge on any atom is -0.393 e. The lowest BCUT2D eigenvalue weighted by Gasteiger charge is -2.19. The molecular formula is C15H21NO2. The Kier molecular flexibility index (Phi) is 4.37. The molecule has 2 rings (SSSR count). The quantitative estimate of drug-likeness (QED) is 0.859. The van der Waals surface area contributed by atoms with Gasteiger partial charge >= 0.3 is 0 Å². The van der Waals surface area contributed by atoms with Crippen LogP contribution >= 0.6 is 0 Å². The van der Waals surface area contributed by atoms with Gasteiger partial charge in [-0.2, -0.15) is 0 Å². The summed E-state index contributed by atoms with van der Waals surface area (Å²) in [5.74, 6) is -0.00475. The summed E-state index contributed by atoms with van der Waals surface area (Å²) in [7, 11) is 0. The van der Waals surface area contributed by atoms with Gasteiger partial charge in [0.05, 0.1) is 6.10 Å². The second-order valence-electron chi connectivity index (χ2n) is 5.09. The maximum absolute atomic E-state index is 11.8. The Morgan fingerprint density at radius 1 is 1.39 bits per heavy atom. The second kappa shape index (κ2) is 6.01. The Balaban J connectivity index is 2.03. The largest absolute Gasteiger partial charge is 0.393 e. The first-order valence-electron chi connectivity index (χ1n) is 6.75. The first kappa shape index (κ1) is 13.1. The van der Waals surface area contributed by atoms with Crippen molar-refractivity contribution in [3.8, 4) is 0 Å². The molecule has 1 aromatic carbocycles. The zero-order chi connectivity index (χ0) is 13.0. The SMILES string of the molecule is CC(O)CCC(=O)Nc1cccc2c1CCCC2. The Hall–Kier alpha value is -1.35. The number of carbonyl (C=O) groups excluding carboxylic acids is 1. The fourth-order valence-corrected chi connectivity index (χ4v) is 2.45. The number of aliphatic hydroxyl groups is 1. The summed E-state index contributed by atoms with van der Waals surface area (Å²) >= 11 is 0. The van der Waals surface area contributed by atoms with E-state index in [0.717, 1.165) is 18.5 Å². The number of benzene rings is 1. The first-order chi connectivity index (χ1) is 8.66. The van der Waals surface area contributed by atoms with E-state index >= 15 is 0 Å². The van der Waals surface area contributed by atoms with E-state index in [1.165, 1.54) is 24.0 Å². The van der Waals surface area contributed by atoms with Crippen LogP contribution in [-0.2, 0) is 17.6 Å². The van der Waals surface area contributed by atoms with Gasteiger partial charge in [0.25, 0.3) is 0 Å². The van der Waals surface area contributed by atoms with Crippen LogP contribution in [0.3, 0.4) is 0 Å². The molecule has 98 valence electrons. The van der Waals surface area contributed by atoms with E-state index in [1.807, 2.05) is 12.1 Å². The van der Waals surface area contributed by atoms with Gasteiger partial charge in [0, 0.05) is 12.1 Å². The van der Waals surface area contributed by atoms with Crippen LogP contribution in [0, 0.1) is 0 Å². The molecule has 0 fully saturated rings. The molecule has 1 aliphatic rings. The lowest BCUT2D eigenvalue weighted by Crippen LogP contribution is -2.16. The van der Waals surface area contributed by atoms with Gasteiger partial charge in [-0.05, 0) is 56.2 Å². The molecule has 3 heteroatoms. The van der Waals surface area contributed by atoms with Crippen LogP contribution in [0.15, 0.2) is 18.2 Å². The summed E-state index contributed by atoms with van der Waals surface area (Å²) in [4.78, 5) is 11.8. The number of hydrogen-bond donors (Lipinski definition) is 2. The molecule has 1 aliphatic carbocycles. The van der Waals surface area contributed by atoms with Gasteiger partial charge in [-0.25, -0.2) is 0 Å². The van der Waals surface area contributed by atoms with Gasteiger partial charge in [0.2, 0.25) is 5.91 Å². The maximum atomic E-state index is 11.8. The van der Waals surface area contributed by atoms with Gasteiger partial charge in [-0.3, -0.25) is 4.79 Å². The highest BCUT2D eigenvalue weighted by atomic mass is 16.3. The smallest absolute Gasteiger partial charge is 0.224 e. The number of fused-ring (bicyclic) bond motifs is 1. The Morgan fingerprint density at radius 3 is 2.94 bits per heavy atom. The van der Waals surface area contributed by atoms with Gasteiger partial charge in [-0.15, -0.1) is 0 Å². The van der Waals surface area contributed by atoms with Crippen molar-refractivity contribution in [1.29, 1.82) is 0 Å². The predicted octanol–water partition coefficient (Wildman–Crippen LogP) is 2.66. The Labute approximate surface area is 108 Å². The molecule has 18 heavy (non-hydrogen) atoms. The van der Waals surface area contributed by atoms with Crippen molar-refractivity contribution in [3.05, 3.63) is 29.3 Å². The lowest BCUT2D eigenvalue weighted by atomic mass is 9.90. The lowest BCUT2D eigenvalue weighted by molar-refractivity contribution is -0.116. The van der Waals surface area contributed by atoms with E-state index < -0.39 is 6.10 Å². The molecule has 2 N–H and O–H groups in total. The summed E-state index contributed by atoms with van der Waals surface area (Å²) in [6, 6.07) is 6.14. The van der Waals surface area contributed by atoms with Crippen molar-refractivity contribution < 1.29 is 9.90 Å². The average molecular weight is 247 g/mol. The normalized spacial score (nSPS) is 15.9. The highest BCUT2D eigenvalue weighted by molar-refractivity contribution is 5.91. The zero-order valence-electron chi connectivity index (χ0n) is 10.9. The minimum atomic E-state index is -0.416. The number of amides is 1. The van der Waals surface area contributed by atoms with E-state index in [-0.39, 0.29) is 5.91 Å². The van der Waals surface area contributed by atoms with Crippen molar-refractivity contribution in [1.82, 2.24) is 0 Å². The highest BCUT2D eigenvalue weighted by Crippen LogP contribution is 2.27. The molecule has 0 saturated heterocycles. The average Bonchev–Trinajstić information content (AvgIpc) is 2.37. The topological polar surface area (TPSA) is 49.3 Å². The number of rotatable bonds is 4. The van der Waals surface area contributed by atoms with Crippen LogP contribution in [0.4, 0.5) is 5.69 Å². The number of nitrogens with one attached hydrogen (secondary N) is 1. The zero-order valence-corrected chi connectivity index (χ0v) is 10.9. The third-order valence-corrected chi connectivity index (χ3v) is 3.46. The number of aryl methyl sites for hydroxylation is 1. The van der Waals surface area contributed by atoms with Crippen LogP contribution in [-0.4, -0.2) is 17.1 Å². The minimum absolute atomic E-state index is 0.00475. The first-order valence-corrected chi connectivity index (χ1v) is 6.75. The number of aliphatic hydroxyl groups excluding tert-OH is 1. The molecule has 3 nitrogen and oxygen atoms in total. The molecular weight excluding hydrogens is 226 g/mol. The van der Waals surface area contributed by atoms with Crippen molar-refractivity contribution in [2.75, 3.05) is 5.32 Å². The van der Waals surface area contributed by atoms with Crippen LogP contribution in [0.1, 0.15) is 43.7 Å². The van der Waals surface area contributed by atoms with Crippen molar-refractivity contribution in [2.24, 2.45) is 0 Å². The van der Waals surface area contributed by atoms with Crippen LogP contribution < -0.4 is 5.32 Å². The molecule has 0 radical (unpaired) electrons. The van der Waals surface area contributed by atoms with E-state index in [0.29, 0.717) is 12.8 Å². The fourth-order valence-electron chi connectivity index (χ4n) is 2.45. The van der Waals surface area contributed by atoms with Crippen LogP contribution in [0.5, 0.6) is 0 Å². The number of hydrogen-bond acceptors (Lipinski definition) is 2. The van der Waals surface area contributed by atoms with E-state index in [2.05, 4.69) is 11.4 Å². The summed E-state index contributed by atoms with van der Waals surface area (Å²) in [6.45, 7) is 1.71. The van der Waals surface area contributed by atoms with Crippen molar-refractivity contribution >= 4 is 11.6 Å². The third-order valence-electron chi connectivity index (χ3n) is 3.46. The van der Waals surface area contributed by atoms with Gasteiger partial charge in [0.1, 0.15) is 0 Å². The summed E-state index contributed by atoms with van der Waals surface area (Å²) in [5, 5.41) is 12.2. The van der Waals surface area contributed by atoms with Crippen molar-refractivity contribution in [3.63, 3.8) is 0 Å². The number of carbonyl (C=O) groups is 1. The third kappa shape index (κ3) is 3.33. The van der Waals surface area contributed by atoms with E-state index in [9.17, 15) is 9.90 Å². The summed E-state index contributed by atoms with van der Waals surface area (Å²) < 4.78 is 0. The fraction of sp³-hybridized carbons (Fsp3) is 0.533. The second-order valence-corrected chi connectivity index (χ2v) is 5.09. The highest BCUT2D eigenvalue weighted by Gasteiger charge is 2.14. The molecule has 1 unspecified atom stereocenters. The van der Waals surface area contributed by atoms with E-state index in [4.69, 9.17) is 0 Å². The van der Waals surface area contributed by atoms with Gasteiger partial charge < -0.3 is 10.4 Å². The molecule has 0 heterocycles. The van der Waals surface area contributed by atoms with Crippen molar-refractivity contribution in [2.45, 2.75) is 51.6 Å². The summed E-state index contributed by atoms with van der Waals surface area (Å²) in [6.07, 6.45) is 5.09.